The minimum atomic E-state index is 0.949. The molecule has 2 heteroatoms. The maximum absolute atomic E-state index is 3.30. The third-order valence-corrected chi connectivity index (χ3v) is 5.94. The van der Waals surface area contributed by atoms with Gasteiger partial charge in [-0.05, 0) is 89.4 Å². The van der Waals surface area contributed by atoms with Crippen molar-refractivity contribution in [1.29, 1.82) is 0 Å². The van der Waals surface area contributed by atoms with E-state index in [-0.39, 0.29) is 0 Å². The predicted octanol–water partition coefficient (Wildman–Crippen LogP) is 3.28. The van der Waals surface area contributed by atoms with E-state index in [1.165, 1.54) is 58.2 Å². The average molecular weight is 264 g/mol. The Labute approximate surface area is 119 Å². The number of rotatable bonds is 5. The van der Waals surface area contributed by atoms with Crippen molar-refractivity contribution < 1.29 is 0 Å². The molecular weight excluding hydrogens is 232 g/mol. The van der Waals surface area contributed by atoms with E-state index in [2.05, 4.69) is 17.3 Å². The molecule has 0 amide bonds. The highest BCUT2D eigenvalue weighted by molar-refractivity contribution is 4.90. The normalized spacial score (nSPS) is 34.6. The molecule has 2 atom stereocenters. The minimum Gasteiger partial charge on any atom is -0.320 e. The molecule has 2 nitrogen and oxygen atoms in total. The van der Waals surface area contributed by atoms with Crippen molar-refractivity contribution in [2.24, 2.45) is 17.8 Å². The summed E-state index contributed by atoms with van der Waals surface area (Å²) in [5.74, 6) is 3.23. The molecular formula is C17H32N2. The van der Waals surface area contributed by atoms with E-state index >= 15 is 0 Å². The van der Waals surface area contributed by atoms with Crippen LogP contribution < -0.4 is 5.32 Å². The van der Waals surface area contributed by atoms with Crippen LogP contribution in [0.4, 0.5) is 0 Å². The monoisotopic (exact) mass is 264 g/mol. The molecule has 2 saturated carbocycles. The molecule has 2 unspecified atom stereocenters. The van der Waals surface area contributed by atoms with Crippen LogP contribution in [0.25, 0.3) is 0 Å². The van der Waals surface area contributed by atoms with Gasteiger partial charge < -0.3 is 10.2 Å². The molecule has 3 rings (SSSR count). The van der Waals surface area contributed by atoms with Crippen LogP contribution in [0.3, 0.4) is 0 Å². The lowest BCUT2D eigenvalue weighted by Gasteiger charge is -2.41. The predicted molar refractivity (Wildman–Crippen MR) is 81.3 cm³/mol. The van der Waals surface area contributed by atoms with Crippen LogP contribution in [0.15, 0.2) is 0 Å². The highest BCUT2D eigenvalue weighted by Crippen LogP contribution is 2.45. The Kier molecular flexibility index (Phi) is 4.81. The summed E-state index contributed by atoms with van der Waals surface area (Å²) in [6.45, 7) is 3.98. The van der Waals surface area contributed by atoms with E-state index in [9.17, 15) is 0 Å². The van der Waals surface area contributed by atoms with E-state index in [4.69, 9.17) is 0 Å². The second kappa shape index (κ2) is 6.58. The number of hydrogen-bond acceptors (Lipinski definition) is 2. The summed E-state index contributed by atoms with van der Waals surface area (Å²) in [7, 11) is 2.08. The second-order valence-electron chi connectivity index (χ2n) is 7.29. The van der Waals surface area contributed by atoms with E-state index in [1.807, 2.05) is 0 Å². The van der Waals surface area contributed by atoms with Crippen molar-refractivity contribution in [2.75, 3.05) is 26.7 Å². The van der Waals surface area contributed by atoms with Gasteiger partial charge in [0, 0.05) is 6.04 Å². The highest BCUT2D eigenvalue weighted by Gasteiger charge is 2.36. The Morgan fingerprint density at radius 3 is 2.42 bits per heavy atom. The van der Waals surface area contributed by atoms with Gasteiger partial charge in [0.15, 0.2) is 0 Å². The molecule has 0 aromatic carbocycles. The van der Waals surface area contributed by atoms with Crippen LogP contribution >= 0.6 is 0 Å². The topological polar surface area (TPSA) is 15.3 Å². The maximum atomic E-state index is 3.30. The Hall–Kier alpha value is -0.0800. The molecule has 1 saturated heterocycles. The molecule has 3 fully saturated rings. The second-order valence-corrected chi connectivity index (χ2v) is 7.29. The summed E-state index contributed by atoms with van der Waals surface area (Å²) >= 11 is 0. The Morgan fingerprint density at radius 1 is 0.947 bits per heavy atom. The fourth-order valence-corrected chi connectivity index (χ4v) is 4.48. The van der Waals surface area contributed by atoms with Gasteiger partial charge in [-0.3, -0.25) is 0 Å². The summed E-state index contributed by atoms with van der Waals surface area (Å²) in [6.07, 6.45) is 13.5. The lowest BCUT2D eigenvalue weighted by molar-refractivity contribution is 0.0834. The maximum Gasteiger partial charge on any atom is 0.00980 e. The molecule has 0 radical (unpaired) electrons. The van der Waals surface area contributed by atoms with Crippen molar-refractivity contribution in [3.05, 3.63) is 0 Å². The first-order valence-corrected chi connectivity index (χ1v) is 8.75. The number of likely N-dealkylation sites (tertiary alicyclic amines) is 1. The van der Waals surface area contributed by atoms with Gasteiger partial charge in [0.1, 0.15) is 0 Å². The molecule has 2 aliphatic carbocycles. The molecule has 3 aliphatic rings. The SMILES string of the molecule is CNCCC1CCN(C2CCCC(C3CC3)C2)CC1. The third-order valence-electron chi connectivity index (χ3n) is 5.94. The Balaban J connectivity index is 1.42. The van der Waals surface area contributed by atoms with E-state index < -0.39 is 0 Å². The first kappa shape index (κ1) is 13.9. The van der Waals surface area contributed by atoms with Gasteiger partial charge in [-0.25, -0.2) is 0 Å². The fourth-order valence-electron chi connectivity index (χ4n) is 4.48. The van der Waals surface area contributed by atoms with Crippen LogP contribution in [0.5, 0.6) is 0 Å². The smallest absolute Gasteiger partial charge is 0.00980 e. The first-order chi connectivity index (χ1) is 9.36. The van der Waals surface area contributed by atoms with Crippen LogP contribution in [-0.4, -0.2) is 37.6 Å². The van der Waals surface area contributed by atoms with Gasteiger partial charge >= 0.3 is 0 Å². The van der Waals surface area contributed by atoms with Crippen LogP contribution in [0.2, 0.25) is 0 Å². The molecule has 19 heavy (non-hydrogen) atoms. The van der Waals surface area contributed by atoms with Crippen molar-refractivity contribution in [2.45, 2.75) is 63.8 Å². The Morgan fingerprint density at radius 2 is 1.74 bits per heavy atom. The van der Waals surface area contributed by atoms with Crippen molar-refractivity contribution in [3.63, 3.8) is 0 Å². The molecule has 1 N–H and O–H groups in total. The van der Waals surface area contributed by atoms with Gasteiger partial charge in [-0.2, -0.15) is 0 Å². The summed E-state index contributed by atoms with van der Waals surface area (Å²) in [4.78, 5) is 2.85. The zero-order valence-electron chi connectivity index (χ0n) is 12.7. The van der Waals surface area contributed by atoms with Crippen molar-refractivity contribution in [3.8, 4) is 0 Å². The van der Waals surface area contributed by atoms with Crippen molar-refractivity contribution in [1.82, 2.24) is 10.2 Å². The number of nitrogens with zero attached hydrogens (tertiary/aromatic N) is 1. The van der Waals surface area contributed by atoms with Gasteiger partial charge in [-0.15, -0.1) is 0 Å². The molecule has 0 spiro atoms. The molecule has 110 valence electrons. The van der Waals surface area contributed by atoms with Gasteiger partial charge in [0.05, 0.1) is 0 Å². The molecule has 0 bridgehead atoms. The standard InChI is InChI=1S/C17H32N2/c1-18-10-7-14-8-11-19(12-9-14)17-4-2-3-16(13-17)15-5-6-15/h14-18H,2-13H2,1H3. The fraction of sp³-hybridized carbons (Fsp3) is 1.00. The average Bonchev–Trinajstić information content (AvgIpc) is 3.30. The molecule has 1 aliphatic heterocycles. The molecule has 0 aromatic rings. The summed E-state index contributed by atoms with van der Waals surface area (Å²) in [6, 6.07) is 0.949. The lowest BCUT2D eigenvalue weighted by atomic mass is 9.81. The van der Waals surface area contributed by atoms with E-state index in [1.54, 1.807) is 19.3 Å². The number of hydrogen-bond donors (Lipinski definition) is 1. The van der Waals surface area contributed by atoms with E-state index in [0.29, 0.717) is 0 Å². The molecule has 0 aromatic heterocycles. The van der Waals surface area contributed by atoms with Gasteiger partial charge in [0.25, 0.3) is 0 Å². The Bertz CT molecular complexity index is 266. The number of piperidine rings is 1. The number of nitrogens with one attached hydrogen (secondary N) is 1. The van der Waals surface area contributed by atoms with Gasteiger partial charge in [0.2, 0.25) is 0 Å². The van der Waals surface area contributed by atoms with Gasteiger partial charge in [-0.1, -0.05) is 12.8 Å². The van der Waals surface area contributed by atoms with Crippen LogP contribution in [0, 0.1) is 17.8 Å². The van der Waals surface area contributed by atoms with Crippen LogP contribution in [0.1, 0.15) is 57.8 Å². The highest BCUT2D eigenvalue weighted by atomic mass is 15.2. The third kappa shape index (κ3) is 3.72. The molecule has 1 heterocycles. The quantitative estimate of drug-likeness (QED) is 0.820. The zero-order chi connectivity index (χ0) is 13.1. The van der Waals surface area contributed by atoms with Crippen molar-refractivity contribution >= 4 is 0 Å². The van der Waals surface area contributed by atoms with E-state index in [0.717, 1.165) is 23.8 Å². The largest absolute Gasteiger partial charge is 0.320 e. The van der Waals surface area contributed by atoms with Crippen LogP contribution in [-0.2, 0) is 0 Å². The summed E-state index contributed by atoms with van der Waals surface area (Å²) < 4.78 is 0. The minimum absolute atomic E-state index is 0.949. The summed E-state index contributed by atoms with van der Waals surface area (Å²) in [5, 5.41) is 3.30. The zero-order valence-corrected chi connectivity index (χ0v) is 12.7. The summed E-state index contributed by atoms with van der Waals surface area (Å²) in [5.41, 5.74) is 0. The lowest BCUT2D eigenvalue weighted by Crippen LogP contribution is -2.44. The first-order valence-electron chi connectivity index (χ1n) is 8.75.